The zero-order valence-electron chi connectivity index (χ0n) is 29.1. The maximum Gasteiger partial charge on any atom is 0.128 e. The van der Waals surface area contributed by atoms with Gasteiger partial charge in [0.2, 0.25) is 0 Å². The Morgan fingerprint density at radius 1 is 0.415 bits per heavy atom. The monoisotopic (exact) mass is 680 g/mol. The molecule has 0 N–H and O–H groups in total. The molecule has 10 rings (SSSR count). The summed E-state index contributed by atoms with van der Waals surface area (Å²) in [7, 11) is 0. The molecule has 252 valence electrons. The smallest absolute Gasteiger partial charge is 0.128 e. The number of benzene rings is 8. The van der Waals surface area contributed by atoms with Gasteiger partial charge >= 0.3 is 0 Å². The van der Waals surface area contributed by atoms with E-state index in [0.717, 1.165) is 39.9 Å². The summed E-state index contributed by atoms with van der Waals surface area (Å²) in [5.74, 6) is 1.13. The van der Waals surface area contributed by atoms with Crippen molar-refractivity contribution in [3.05, 3.63) is 212 Å². The van der Waals surface area contributed by atoms with Crippen LogP contribution in [0.1, 0.15) is 11.5 Å². The quantitative estimate of drug-likeness (QED) is 0.167. The molecule has 1 aliphatic heterocycles. The Morgan fingerprint density at radius 3 is 1.75 bits per heavy atom. The Morgan fingerprint density at radius 2 is 1.00 bits per heavy atom. The van der Waals surface area contributed by atoms with Gasteiger partial charge in [0, 0.05) is 45.3 Å². The summed E-state index contributed by atoms with van der Waals surface area (Å²) in [6, 6.07) is 65.5. The van der Waals surface area contributed by atoms with Gasteiger partial charge < -0.3 is 14.5 Å². The van der Waals surface area contributed by atoms with Crippen molar-refractivity contribution < 1.29 is 4.74 Å². The molecule has 0 saturated heterocycles. The molecule has 0 spiro atoms. The van der Waals surface area contributed by atoms with Gasteiger partial charge in [0.25, 0.3) is 0 Å². The second-order valence-corrected chi connectivity index (χ2v) is 13.7. The van der Waals surface area contributed by atoms with Crippen LogP contribution in [-0.2, 0) is 0 Å². The highest BCUT2D eigenvalue weighted by Gasteiger charge is 2.33. The summed E-state index contributed by atoms with van der Waals surface area (Å²) in [4.78, 5) is 4.73. The van der Waals surface area contributed by atoms with E-state index in [0.29, 0.717) is 0 Å². The zero-order valence-corrected chi connectivity index (χ0v) is 29.1. The van der Waals surface area contributed by atoms with Crippen molar-refractivity contribution in [2.24, 2.45) is 0 Å². The van der Waals surface area contributed by atoms with Crippen LogP contribution >= 0.6 is 0 Å². The number of hydrogen-bond donors (Lipinski definition) is 0. The highest BCUT2D eigenvalue weighted by molar-refractivity contribution is 6.05. The molecule has 0 radical (unpaired) electrons. The minimum Gasteiger partial charge on any atom is -0.485 e. The predicted octanol–water partition coefficient (Wildman–Crippen LogP) is 13.6. The summed E-state index contributed by atoms with van der Waals surface area (Å²) in [6.45, 7) is 0. The number of rotatable bonds is 7. The second kappa shape index (κ2) is 13.0. The van der Waals surface area contributed by atoms with Crippen molar-refractivity contribution in [3.8, 4) is 16.9 Å². The van der Waals surface area contributed by atoms with Gasteiger partial charge in [0.15, 0.2) is 0 Å². The van der Waals surface area contributed by atoms with E-state index in [4.69, 9.17) is 4.74 Å². The minimum atomic E-state index is 0.0236. The van der Waals surface area contributed by atoms with E-state index in [1.54, 1.807) is 0 Å². The second-order valence-electron chi connectivity index (χ2n) is 13.7. The van der Waals surface area contributed by atoms with Gasteiger partial charge in [-0.15, -0.1) is 0 Å². The maximum atomic E-state index is 6.41. The van der Waals surface area contributed by atoms with Gasteiger partial charge in [-0.25, -0.2) is 0 Å². The molecular weight excluding hydrogens is 645 g/mol. The van der Waals surface area contributed by atoms with Crippen LogP contribution in [0.5, 0.6) is 5.75 Å². The molecule has 3 heteroatoms. The molecule has 1 aliphatic carbocycles. The molecule has 0 bridgehead atoms. The van der Waals surface area contributed by atoms with Gasteiger partial charge in [-0.05, 0) is 112 Å². The molecular formula is C50H36N2O. The van der Waals surface area contributed by atoms with Crippen LogP contribution in [0.25, 0.3) is 32.7 Å². The van der Waals surface area contributed by atoms with E-state index < -0.39 is 0 Å². The summed E-state index contributed by atoms with van der Waals surface area (Å²) < 4.78 is 6.41. The van der Waals surface area contributed by atoms with Crippen LogP contribution in [0.2, 0.25) is 0 Å². The highest BCUT2D eigenvalue weighted by atomic mass is 16.5. The first kappa shape index (κ1) is 30.9. The molecule has 53 heavy (non-hydrogen) atoms. The maximum absolute atomic E-state index is 6.41. The number of ether oxygens (including phenoxy) is 1. The Hall–Kier alpha value is -6.84. The Bertz CT molecular complexity index is 2620. The molecule has 1 heterocycles. The van der Waals surface area contributed by atoms with Crippen molar-refractivity contribution in [1.82, 2.24) is 0 Å². The Kier molecular flexibility index (Phi) is 7.62. The van der Waals surface area contributed by atoms with E-state index in [1.165, 1.54) is 38.2 Å². The number of allylic oxidation sites excluding steroid dienone is 2. The normalized spacial score (nSPS) is 15.5. The molecule has 0 saturated carbocycles. The van der Waals surface area contributed by atoms with Crippen LogP contribution in [0, 0.1) is 0 Å². The summed E-state index contributed by atoms with van der Waals surface area (Å²) >= 11 is 0. The molecule has 2 atom stereocenters. The zero-order chi connectivity index (χ0) is 35.1. The predicted molar refractivity (Wildman–Crippen MR) is 222 cm³/mol. The number of para-hydroxylation sites is 2. The third-order valence-electron chi connectivity index (χ3n) is 10.5. The number of anilines is 6. The van der Waals surface area contributed by atoms with Crippen LogP contribution in [-0.4, -0.2) is 6.10 Å². The summed E-state index contributed by atoms with van der Waals surface area (Å²) in [5, 5.41) is 4.85. The Labute approximate surface area is 310 Å². The van der Waals surface area contributed by atoms with Crippen molar-refractivity contribution in [2.75, 3.05) is 9.80 Å². The van der Waals surface area contributed by atoms with Gasteiger partial charge in [-0.3, -0.25) is 0 Å². The SMILES string of the molecule is C1=CC2Oc3ccc(N(c4ccc(N(c5ccccc5)c5ccccc5)cc4)c4cc(-c5cccc6ccccc56)cc5ccccc45)cc3C2C=C1. The summed E-state index contributed by atoms with van der Waals surface area (Å²) in [6.07, 6.45) is 8.66. The highest BCUT2D eigenvalue weighted by Crippen LogP contribution is 2.48. The van der Waals surface area contributed by atoms with E-state index in [-0.39, 0.29) is 12.0 Å². The standard InChI is InChI=1S/C50H36N2O/c1-3-17-38(18-4-1)51(39-19-5-2-6-20-39)40-26-28-41(29-27-40)52(42-30-31-50-47(34-42)46-23-11-12-25-49(46)53-50)48-33-37(32-36-15-8-10-22-45(36)48)44-24-13-16-35-14-7-9-21-43(35)44/h1-34,46,49H. The van der Waals surface area contributed by atoms with E-state index in [2.05, 4.69) is 216 Å². The first-order valence-corrected chi connectivity index (χ1v) is 18.3. The van der Waals surface area contributed by atoms with Crippen LogP contribution < -0.4 is 14.5 Å². The van der Waals surface area contributed by atoms with Crippen molar-refractivity contribution >= 4 is 55.7 Å². The molecule has 8 aromatic rings. The van der Waals surface area contributed by atoms with Crippen LogP contribution in [0.3, 0.4) is 0 Å². The minimum absolute atomic E-state index is 0.0236. The molecule has 2 aliphatic rings. The lowest BCUT2D eigenvalue weighted by Crippen LogP contribution is -2.15. The number of nitrogens with zero attached hydrogens (tertiary/aromatic N) is 2. The largest absolute Gasteiger partial charge is 0.485 e. The van der Waals surface area contributed by atoms with Gasteiger partial charge in [0.1, 0.15) is 11.9 Å². The third kappa shape index (κ3) is 5.55. The first-order chi connectivity index (χ1) is 26.3. The lowest BCUT2D eigenvalue weighted by atomic mass is 9.91. The van der Waals surface area contributed by atoms with Gasteiger partial charge in [-0.2, -0.15) is 0 Å². The Balaban J connectivity index is 1.17. The van der Waals surface area contributed by atoms with Crippen molar-refractivity contribution in [1.29, 1.82) is 0 Å². The molecule has 0 fully saturated rings. The molecule has 3 nitrogen and oxygen atoms in total. The molecule has 0 amide bonds. The number of fused-ring (bicyclic) bond motifs is 5. The lowest BCUT2D eigenvalue weighted by molar-refractivity contribution is 0.269. The first-order valence-electron chi connectivity index (χ1n) is 18.3. The van der Waals surface area contributed by atoms with E-state index in [9.17, 15) is 0 Å². The fraction of sp³-hybridized carbons (Fsp3) is 0.0400. The van der Waals surface area contributed by atoms with E-state index in [1.807, 2.05) is 0 Å². The average molecular weight is 681 g/mol. The molecule has 8 aromatic carbocycles. The number of hydrogen-bond acceptors (Lipinski definition) is 3. The van der Waals surface area contributed by atoms with Crippen LogP contribution in [0.4, 0.5) is 34.1 Å². The molecule has 2 unspecified atom stereocenters. The van der Waals surface area contributed by atoms with Crippen molar-refractivity contribution in [3.63, 3.8) is 0 Å². The lowest BCUT2D eigenvalue weighted by Gasteiger charge is -2.30. The molecule has 0 aromatic heterocycles. The van der Waals surface area contributed by atoms with Crippen molar-refractivity contribution in [2.45, 2.75) is 12.0 Å². The fourth-order valence-electron chi connectivity index (χ4n) is 8.06. The van der Waals surface area contributed by atoms with Gasteiger partial charge in [0.05, 0.1) is 5.69 Å². The average Bonchev–Trinajstić information content (AvgIpc) is 3.60. The third-order valence-corrected chi connectivity index (χ3v) is 10.5. The topological polar surface area (TPSA) is 15.7 Å². The fourth-order valence-corrected chi connectivity index (χ4v) is 8.06. The summed E-state index contributed by atoms with van der Waals surface area (Å²) in [5.41, 5.74) is 10.2. The van der Waals surface area contributed by atoms with E-state index >= 15 is 0 Å². The van der Waals surface area contributed by atoms with Gasteiger partial charge in [-0.1, -0.05) is 121 Å². The van der Waals surface area contributed by atoms with Crippen LogP contribution in [0.15, 0.2) is 206 Å².